The van der Waals surface area contributed by atoms with Gasteiger partial charge in [-0.2, -0.15) is 0 Å². The Bertz CT molecular complexity index is 3130. The summed E-state index contributed by atoms with van der Waals surface area (Å²) in [4.78, 5) is 0. The van der Waals surface area contributed by atoms with Gasteiger partial charge in [-0.3, -0.25) is 0 Å². The smallest absolute Gasteiger partial charge is 0.159 e. The molecule has 0 spiro atoms. The first-order chi connectivity index (χ1) is 25.3. The number of fused-ring (bicyclic) bond motifs is 9. The molecule has 11 aromatic rings. The minimum Gasteiger partial charge on any atom is -0.454 e. The average molecular weight is 651 g/mol. The number of aromatic nitrogens is 2. The van der Waals surface area contributed by atoms with Gasteiger partial charge >= 0.3 is 0 Å². The maximum atomic E-state index is 6.62. The molecular formula is C48H30N2O. The molecule has 0 radical (unpaired) electrons. The predicted molar refractivity (Wildman–Crippen MR) is 213 cm³/mol. The molecule has 0 fully saturated rings. The molecule has 0 bridgehead atoms. The van der Waals surface area contributed by atoms with Crippen molar-refractivity contribution in [1.82, 2.24) is 9.13 Å². The Morgan fingerprint density at radius 1 is 0.373 bits per heavy atom. The van der Waals surface area contributed by atoms with Gasteiger partial charge in [0.2, 0.25) is 0 Å². The maximum Gasteiger partial charge on any atom is 0.159 e. The molecule has 11 rings (SSSR count). The fourth-order valence-corrected chi connectivity index (χ4v) is 8.37. The Labute approximate surface area is 293 Å². The summed E-state index contributed by atoms with van der Waals surface area (Å²) in [5.41, 5.74) is 13.4. The normalized spacial score (nSPS) is 11.9. The standard InChI is InChI=1S/C48H30N2O/c1-3-14-31(15-4-1)34-28-29-42-47(39-20-8-11-23-41(39)50(42)43-24-13-21-38-37-19-9-12-25-45(37)51-48(38)43)46(34)32-26-27-36-35-18-7-10-22-40(35)49(44(36)30-32)33-16-5-2-6-17-33/h1-30H. The van der Waals surface area contributed by atoms with Crippen molar-refractivity contribution >= 4 is 65.6 Å². The van der Waals surface area contributed by atoms with Gasteiger partial charge in [0.1, 0.15) is 5.58 Å². The second kappa shape index (κ2) is 10.8. The predicted octanol–water partition coefficient (Wildman–Crippen LogP) is 13.1. The van der Waals surface area contributed by atoms with Gasteiger partial charge in [-0.25, -0.2) is 0 Å². The SMILES string of the molecule is c1ccc(-c2ccc3c(c2-c2ccc4c5ccccc5n(-c5ccccc5)c4c2)c2ccccc2n3-c2cccc3c2oc2ccccc23)cc1. The van der Waals surface area contributed by atoms with Crippen molar-refractivity contribution in [2.45, 2.75) is 0 Å². The highest BCUT2D eigenvalue weighted by Gasteiger charge is 2.23. The van der Waals surface area contributed by atoms with Gasteiger partial charge in [0.15, 0.2) is 5.58 Å². The molecule has 3 aromatic heterocycles. The highest BCUT2D eigenvalue weighted by Crippen LogP contribution is 2.46. The van der Waals surface area contributed by atoms with Gasteiger partial charge in [0, 0.05) is 38.0 Å². The zero-order chi connectivity index (χ0) is 33.5. The first-order valence-corrected chi connectivity index (χ1v) is 17.4. The van der Waals surface area contributed by atoms with E-state index in [-0.39, 0.29) is 0 Å². The molecule has 0 aliphatic rings. The highest BCUT2D eigenvalue weighted by atomic mass is 16.3. The van der Waals surface area contributed by atoms with Gasteiger partial charge in [0.25, 0.3) is 0 Å². The zero-order valence-corrected chi connectivity index (χ0v) is 27.6. The van der Waals surface area contributed by atoms with E-state index in [0.717, 1.165) is 44.3 Å². The molecule has 0 atom stereocenters. The van der Waals surface area contributed by atoms with E-state index >= 15 is 0 Å². The number of furan rings is 1. The molecule has 0 N–H and O–H groups in total. The van der Waals surface area contributed by atoms with E-state index in [1.165, 1.54) is 54.8 Å². The van der Waals surface area contributed by atoms with Crippen molar-refractivity contribution < 1.29 is 4.42 Å². The lowest BCUT2D eigenvalue weighted by Gasteiger charge is -2.15. The molecule has 0 aliphatic carbocycles. The van der Waals surface area contributed by atoms with Gasteiger partial charge in [-0.1, -0.05) is 133 Å². The minimum atomic E-state index is 0.892. The molecule has 0 aliphatic heterocycles. The third-order valence-corrected chi connectivity index (χ3v) is 10.5. The lowest BCUT2D eigenvalue weighted by molar-refractivity contribution is 0.666. The molecule has 0 unspecified atom stereocenters. The summed E-state index contributed by atoms with van der Waals surface area (Å²) in [6.45, 7) is 0. The second-order valence-electron chi connectivity index (χ2n) is 13.3. The van der Waals surface area contributed by atoms with Crippen LogP contribution in [0.1, 0.15) is 0 Å². The molecule has 0 saturated heterocycles. The molecule has 8 aromatic carbocycles. The molecular weight excluding hydrogens is 621 g/mol. The summed E-state index contributed by atoms with van der Waals surface area (Å²) in [6, 6.07) is 65.5. The Morgan fingerprint density at radius 2 is 1.02 bits per heavy atom. The number of rotatable bonds is 4. The summed E-state index contributed by atoms with van der Waals surface area (Å²) >= 11 is 0. The molecule has 3 nitrogen and oxygen atoms in total. The van der Waals surface area contributed by atoms with Crippen LogP contribution in [0.3, 0.4) is 0 Å². The summed E-state index contributed by atoms with van der Waals surface area (Å²) in [5, 5.41) is 7.17. The molecule has 51 heavy (non-hydrogen) atoms. The fraction of sp³-hybridized carbons (Fsp3) is 0. The number of hydrogen-bond acceptors (Lipinski definition) is 1. The summed E-state index contributed by atoms with van der Waals surface area (Å²) in [5.74, 6) is 0. The molecule has 3 heteroatoms. The highest BCUT2D eigenvalue weighted by molar-refractivity contribution is 6.20. The quantitative estimate of drug-likeness (QED) is 0.186. The summed E-state index contributed by atoms with van der Waals surface area (Å²) in [6.07, 6.45) is 0. The van der Waals surface area contributed by atoms with Crippen LogP contribution in [0.25, 0.3) is 99.2 Å². The van der Waals surface area contributed by atoms with Crippen LogP contribution in [-0.2, 0) is 0 Å². The summed E-state index contributed by atoms with van der Waals surface area (Å²) in [7, 11) is 0. The van der Waals surface area contributed by atoms with E-state index in [2.05, 4.69) is 185 Å². The largest absolute Gasteiger partial charge is 0.454 e. The maximum absolute atomic E-state index is 6.62. The number of para-hydroxylation sites is 5. The van der Waals surface area contributed by atoms with Crippen molar-refractivity contribution in [2.24, 2.45) is 0 Å². The van der Waals surface area contributed by atoms with Crippen molar-refractivity contribution in [1.29, 1.82) is 0 Å². The second-order valence-corrected chi connectivity index (χ2v) is 13.3. The first-order valence-electron chi connectivity index (χ1n) is 17.4. The lowest BCUT2D eigenvalue weighted by atomic mass is 9.90. The molecule has 3 heterocycles. The monoisotopic (exact) mass is 650 g/mol. The van der Waals surface area contributed by atoms with E-state index in [4.69, 9.17) is 4.42 Å². The third kappa shape index (κ3) is 4.06. The average Bonchev–Trinajstić information content (AvgIpc) is 3.86. The molecule has 238 valence electrons. The van der Waals surface area contributed by atoms with Gasteiger partial charge in [-0.05, 0) is 70.8 Å². The van der Waals surface area contributed by atoms with Crippen LogP contribution in [0.5, 0.6) is 0 Å². The van der Waals surface area contributed by atoms with Gasteiger partial charge < -0.3 is 13.6 Å². The lowest BCUT2D eigenvalue weighted by Crippen LogP contribution is -1.95. The molecule has 0 amide bonds. The number of hydrogen-bond donors (Lipinski definition) is 0. The van der Waals surface area contributed by atoms with E-state index < -0.39 is 0 Å². The van der Waals surface area contributed by atoms with Crippen LogP contribution >= 0.6 is 0 Å². The van der Waals surface area contributed by atoms with Gasteiger partial charge in [-0.15, -0.1) is 0 Å². The molecule has 0 saturated carbocycles. The van der Waals surface area contributed by atoms with Crippen LogP contribution in [-0.4, -0.2) is 9.13 Å². The van der Waals surface area contributed by atoms with E-state index in [0.29, 0.717) is 0 Å². The number of nitrogens with zero attached hydrogens (tertiary/aromatic N) is 2. The van der Waals surface area contributed by atoms with Crippen molar-refractivity contribution in [3.8, 4) is 33.6 Å². The van der Waals surface area contributed by atoms with Crippen LogP contribution in [0.4, 0.5) is 0 Å². The van der Waals surface area contributed by atoms with E-state index in [9.17, 15) is 0 Å². The first kappa shape index (κ1) is 28.0. The Morgan fingerprint density at radius 3 is 1.84 bits per heavy atom. The third-order valence-electron chi connectivity index (χ3n) is 10.5. The number of benzene rings is 8. The van der Waals surface area contributed by atoms with E-state index in [1.807, 2.05) is 6.07 Å². The van der Waals surface area contributed by atoms with Crippen LogP contribution in [0.15, 0.2) is 186 Å². The van der Waals surface area contributed by atoms with Crippen LogP contribution in [0.2, 0.25) is 0 Å². The van der Waals surface area contributed by atoms with Crippen LogP contribution in [0, 0.1) is 0 Å². The fourth-order valence-electron chi connectivity index (χ4n) is 8.37. The Hall–Kier alpha value is -6.84. The van der Waals surface area contributed by atoms with Gasteiger partial charge in [0.05, 0.1) is 27.8 Å². The van der Waals surface area contributed by atoms with Crippen molar-refractivity contribution in [3.63, 3.8) is 0 Å². The van der Waals surface area contributed by atoms with Crippen molar-refractivity contribution in [2.75, 3.05) is 0 Å². The minimum absolute atomic E-state index is 0.892. The Balaban J connectivity index is 1.28. The summed E-state index contributed by atoms with van der Waals surface area (Å²) < 4.78 is 11.4. The van der Waals surface area contributed by atoms with Crippen molar-refractivity contribution in [3.05, 3.63) is 182 Å². The zero-order valence-electron chi connectivity index (χ0n) is 27.6. The van der Waals surface area contributed by atoms with E-state index in [1.54, 1.807) is 0 Å². The Kier molecular flexibility index (Phi) is 5.96. The topological polar surface area (TPSA) is 23.0 Å². The van der Waals surface area contributed by atoms with Crippen LogP contribution < -0.4 is 0 Å².